The Kier molecular flexibility index (Phi) is 10.5. The molecular formula is C37H30ClN3O3S. The number of rotatable bonds is 10. The highest BCUT2D eigenvalue weighted by Crippen LogP contribution is 2.25. The highest BCUT2D eigenvalue weighted by atomic mass is 35.5. The number of nitrogens with one attached hydrogen (secondary N) is 3. The standard InChI is InChI=1S/C37H30ClN3O3S/c1-25-15-20-30(38)22-33(25)40-35(42)24-45-32-14-8-13-31(23-32)39-37(44)34(41-36(43)29-11-6-3-7-12-29)21-26-16-18-28(19-17-26)27-9-4-2-5-10-27/h2-23H,24H2,1H3,(H,39,44)(H,40,42)(H,41,43)/b34-21+. The van der Waals surface area contributed by atoms with Crippen molar-refractivity contribution in [2.75, 3.05) is 16.4 Å². The first-order valence-corrected chi connectivity index (χ1v) is 15.5. The van der Waals surface area contributed by atoms with Crippen LogP contribution in [0.3, 0.4) is 0 Å². The molecule has 0 fully saturated rings. The Morgan fingerprint density at radius 1 is 0.733 bits per heavy atom. The van der Waals surface area contributed by atoms with Gasteiger partial charge in [-0.05, 0) is 77.7 Å². The number of amides is 3. The fraction of sp³-hybridized carbons (Fsp3) is 0.0541. The monoisotopic (exact) mass is 631 g/mol. The maximum Gasteiger partial charge on any atom is 0.272 e. The summed E-state index contributed by atoms with van der Waals surface area (Å²) >= 11 is 7.41. The predicted octanol–water partition coefficient (Wildman–Crippen LogP) is 8.46. The van der Waals surface area contributed by atoms with Crippen LogP contribution in [0.5, 0.6) is 0 Å². The lowest BCUT2D eigenvalue weighted by Gasteiger charge is -2.13. The quantitative estimate of drug-likeness (QED) is 0.107. The van der Waals surface area contributed by atoms with Crippen LogP contribution in [0.2, 0.25) is 5.02 Å². The molecule has 0 aliphatic heterocycles. The minimum atomic E-state index is -0.484. The molecule has 6 nitrogen and oxygen atoms in total. The Bertz CT molecular complexity index is 1840. The van der Waals surface area contributed by atoms with Gasteiger partial charge in [0, 0.05) is 26.9 Å². The summed E-state index contributed by atoms with van der Waals surface area (Å²) in [6, 6.07) is 39.0. The number of halogens is 1. The lowest BCUT2D eigenvalue weighted by Crippen LogP contribution is -2.30. The number of carbonyl (C=O) groups is 3. The molecule has 0 bridgehead atoms. The average molecular weight is 632 g/mol. The summed E-state index contributed by atoms with van der Waals surface area (Å²) in [4.78, 5) is 40.0. The van der Waals surface area contributed by atoms with Crippen LogP contribution in [0.1, 0.15) is 21.5 Å². The summed E-state index contributed by atoms with van der Waals surface area (Å²) in [7, 11) is 0. The lowest BCUT2D eigenvalue weighted by atomic mass is 10.0. The van der Waals surface area contributed by atoms with E-state index in [0.29, 0.717) is 22.0 Å². The molecule has 224 valence electrons. The van der Waals surface area contributed by atoms with Crippen LogP contribution in [-0.4, -0.2) is 23.5 Å². The number of hydrogen-bond acceptors (Lipinski definition) is 4. The van der Waals surface area contributed by atoms with Gasteiger partial charge in [0.25, 0.3) is 11.8 Å². The van der Waals surface area contributed by atoms with E-state index in [1.165, 1.54) is 11.8 Å². The van der Waals surface area contributed by atoms with Crippen molar-refractivity contribution in [1.29, 1.82) is 0 Å². The van der Waals surface area contributed by atoms with E-state index in [-0.39, 0.29) is 17.4 Å². The van der Waals surface area contributed by atoms with Crippen LogP contribution in [0.4, 0.5) is 11.4 Å². The number of aryl methyl sites for hydroxylation is 1. The SMILES string of the molecule is Cc1ccc(Cl)cc1NC(=O)CSc1cccc(NC(=O)/C(=C\c2ccc(-c3ccccc3)cc2)NC(=O)c2ccccc2)c1. The maximum atomic E-state index is 13.5. The fourth-order valence-corrected chi connectivity index (χ4v) is 5.36. The third kappa shape index (κ3) is 8.95. The van der Waals surface area contributed by atoms with Crippen molar-refractivity contribution in [2.24, 2.45) is 0 Å². The molecule has 5 aromatic carbocycles. The number of hydrogen-bond donors (Lipinski definition) is 3. The molecule has 0 spiro atoms. The summed E-state index contributed by atoms with van der Waals surface area (Å²) in [5.74, 6) is -0.890. The smallest absolute Gasteiger partial charge is 0.272 e. The summed E-state index contributed by atoms with van der Waals surface area (Å²) in [6.07, 6.45) is 1.64. The zero-order chi connectivity index (χ0) is 31.6. The minimum absolute atomic E-state index is 0.0886. The van der Waals surface area contributed by atoms with Crippen molar-refractivity contribution in [3.8, 4) is 11.1 Å². The Morgan fingerprint density at radius 3 is 2.16 bits per heavy atom. The van der Waals surface area contributed by atoms with Gasteiger partial charge in [0.05, 0.1) is 5.75 Å². The first kappa shape index (κ1) is 31.3. The Morgan fingerprint density at radius 2 is 1.42 bits per heavy atom. The summed E-state index contributed by atoms with van der Waals surface area (Å²) in [5, 5.41) is 9.10. The normalized spacial score (nSPS) is 11.0. The molecule has 0 atom stereocenters. The van der Waals surface area contributed by atoms with Crippen LogP contribution < -0.4 is 16.0 Å². The van der Waals surface area contributed by atoms with Gasteiger partial charge < -0.3 is 16.0 Å². The van der Waals surface area contributed by atoms with E-state index in [2.05, 4.69) is 16.0 Å². The topological polar surface area (TPSA) is 87.3 Å². The third-order valence-corrected chi connectivity index (χ3v) is 8.02. The van der Waals surface area contributed by atoms with Crippen molar-refractivity contribution in [3.05, 3.63) is 155 Å². The minimum Gasteiger partial charge on any atom is -0.325 e. The van der Waals surface area contributed by atoms with Crippen molar-refractivity contribution in [3.63, 3.8) is 0 Å². The van der Waals surface area contributed by atoms with Crippen molar-refractivity contribution >= 4 is 58.5 Å². The van der Waals surface area contributed by atoms with E-state index >= 15 is 0 Å². The highest BCUT2D eigenvalue weighted by molar-refractivity contribution is 8.00. The van der Waals surface area contributed by atoms with E-state index in [1.54, 1.807) is 60.7 Å². The summed E-state index contributed by atoms with van der Waals surface area (Å²) < 4.78 is 0. The number of carbonyl (C=O) groups excluding carboxylic acids is 3. The van der Waals surface area contributed by atoms with Crippen LogP contribution in [0.15, 0.2) is 138 Å². The molecule has 0 saturated carbocycles. The van der Waals surface area contributed by atoms with Gasteiger partial charge in [-0.25, -0.2) is 0 Å². The molecule has 0 radical (unpaired) electrons. The van der Waals surface area contributed by atoms with E-state index in [4.69, 9.17) is 11.6 Å². The van der Waals surface area contributed by atoms with Gasteiger partial charge in [0.1, 0.15) is 5.70 Å². The number of anilines is 2. The van der Waals surface area contributed by atoms with Gasteiger partial charge in [0.2, 0.25) is 5.91 Å². The third-order valence-electron chi connectivity index (χ3n) is 6.79. The molecule has 0 unspecified atom stereocenters. The van der Waals surface area contributed by atoms with Crippen molar-refractivity contribution < 1.29 is 14.4 Å². The summed E-state index contributed by atoms with van der Waals surface area (Å²) in [6.45, 7) is 1.90. The lowest BCUT2D eigenvalue weighted by molar-refractivity contribution is -0.114. The molecule has 5 aromatic rings. The van der Waals surface area contributed by atoms with Gasteiger partial charge in [-0.2, -0.15) is 0 Å². The van der Waals surface area contributed by atoms with Crippen LogP contribution in [0.25, 0.3) is 17.2 Å². The molecule has 0 saturated heterocycles. The van der Waals surface area contributed by atoms with E-state index in [9.17, 15) is 14.4 Å². The summed E-state index contributed by atoms with van der Waals surface area (Å²) in [5.41, 5.74) is 5.49. The zero-order valence-electron chi connectivity index (χ0n) is 24.4. The average Bonchev–Trinajstić information content (AvgIpc) is 3.06. The molecule has 0 aromatic heterocycles. The second kappa shape index (κ2) is 15.1. The molecule has 3 amide bonds. The van der Waals surface area contributed by atoms with E-state index in [1.807, 2.05) is 79.7 Å². The largest absolute Gasteiger partial charge is 0.325 e. The molecule has 8 heteroatoms. The van der Waals surface area contributed by atoms with E-state index < -0.39 is 11.8 Å². The molecule has 45 heavy (non-hydrogen) atoms. The second-order valence-corrected chi connectivity index (χ2v) is 11.6. The predicted molar refractivity (Wildman–Crippen MR) is 184 cm³/mol. The number of benzene rings is 5. The molecule has 3 N–H and O–H groups in total. The fourth-order valence-electron chi connectivity index (χ4n) is 4.44. The van der Waals surface area contributed by atoms with Crippen LogP contribution in [0, 0.1) is 6.92 Å². The highest BCUT2D eigenvalue weighted by Gasteiger charge is 2.16. The van der Waals surface area contributed by atoms with Crippen LogP contribution in [-0.2, 0) is 9.59 Å². The maximum absolute atomic E-state index is 13.5. The first-order chi connectivity index (χ1) is 21.8. The van der Waals surface area contributed by atoms with Gasteiger partial charge in [-0.1, -0.05) is 96.5 Å². The Balaban J connectivity index is 1.30. The second-order valence-electron chi connectivity index (χ2n) is 10.1. The van der Waals surface area contributed by atoms with E-state index in [0.717, 1.165) is 27.1 Å². The van der Waals surface area contributed by atoms with Gasteiger partial charge in [-0.15, -0.1) is 11.8 Å². The molecule has 0 heterocycles. The Labute approximate surface area is 271 Å². The molecule has 0 aliphatic rings. The first-order valence-electron chi connectivity index (χ1n) is 14.2. The van der Waals surface area contributed by atoms with Crippen molar-refractivity contribution in [2.45, 2.75) is 11.8 Å². The molecular weight excluding hydrogens is 602 g/mol. The van der Waals surface area contributed by atoms with Crippen molar-refractivity contribution in [1.82, 2.24) is 5.32 Å². The molecule has 5 rings (SSSR count). The molecule has 0 aliphatic carbocycles. The zero-order valence-corrected chi connectivity index (χ0v) is 26.0. The number of thioether (sulfide) groups is 1. The van der Waals surface area contributed by atoms with Gasteiger partial charge >= 0.3 is 0 Å². The van der Waals surface area contributed by atoms with Crippen LogP contribution >= 0.6 is 23.4 Å². The Hall–Kier alpha value is -5.11. The van der Waals surface area contributed by atoms with Gasteiger partial charge in [0.15, 0.2) is 0 Å². The van der Waals surface area contributed by atoms with Gasteiger partial charge in [-0.3, -0.25) is 14.4 Å².